The molecule has 0 amide bonds. The van der Waals surface area contributed by atoms with Crippen LogP contribution in [0.15, 0.2) is 0 Å². The van der Waals surface area contributed by atoms with Gasteiger partial charge in [0.15, 0.2) is 0 Å². The maximum Gasteiger partial charge on any atom is 0.0774 e. The van der Waals surface area contributed by atoms with Gasteiger partial charge in [-0.2, -0.15) is 0 Å². The summed E-state index contributed by atoms with van der Waals surface area (Å²) in [4.78, 5) is 2.48. The van der Waals surface area contributed by atoms with Crippen molar-refractivity contribution in [2.45, 2.75) is 57.6 Å². The Balaban J connectivity index is 1.80. The Morgan fingerprint density at radius 3 is 2.65 bits per heavy atom. The molecule has 0 aromatic heterocycles. The zero-order valence-electron chi connectivity index (χ0n) is 11.4. The first-order valence-electron chi connectivity index (χ1n) is 7.31. The number of nitrogens with one attached hydrogen (secondary N) is 1. The van der Waals surface area contributed by atoms with Gasteiger partial charge in [-0.15, -0.1) is 0 Å². The summed E-state index contributed by atoms with van der Waals surface area (Å²) in [6, 6.07) is 0.675. The highest BCUT2D eigenvalue weighted by Crippen LogP contribution is 2.31. The molecule has 1 aliphatic carbocycles. The fraction of sp³-hybridized carbons (Fsp3) is 1.00. The molecule has 2 unspecified atom stereocenters. The highest BCUT2D eigenvalue weighted by Gasteiger charge is 2.35. The van der Waals surface area contributed by atoms with Gasteiger partial charge in [0.25, 0.3) is 0 Å². The molecule has 3 nitrogen and oxygen atoms in total. The highest BCUT2D eigenvalue weighted by atomic mass is 16.3. The number of piperidine rings is 1. The van der Waals surface area contributed by atoms with Gasteiger partial charge in [-0.05, 0) is 38.3 Å². The number of nitrogens with zero attached hydrogens (tertiary/aromatic N) is 1. The van der Waals surface area contributed by atoms with Crippen LogP contribution in [0.3, 0.4) is 0 Å². The van der Waals surface area contributed by atoms with Crippen molar-refractivity contribution >= 4 is 0 Å². The van der Waals surface area contributed by atoms with Crippen molar-refractivity contribution in [2.75, 3.05) is 26.2 Å². The van der Waals surface area contributed by atoms with E-state index >= 15 is 0 Å². The van der Waals surface area contributed by atoms with Crippen LogP contribution in [0.4, 0.5) is 0 Å². The summed E-state index contributed by atoms with van der Waals surface area (Å²) >= 11 is 0. The van der Waals surface area contributed by atoms with Gasteiger partial charge in [-0.25, -0.2) is 0 Å². The minimum Gasteiger partial charge on any atom is -0.389 e. The van der Waals surface area contributed by atoms with Gasteiger partial charge in [0.05, 0.1) is 5.60 Å². The summed E-state index contributed by atoms with van der Waals surface area (Å²) in [6.07, 6.45) is 5.66. The lowest BCUT2D eigenvalue weighted by molar-refractivity contribution is -0.00498. The molecule has 2 rings (SSSR count). The molecule has 1 heterocycles. The smallest absolute Gasteiger partial charge is 0.0774 e. The number of aliphatic hydroxyl groups is 1. The van der Waals surface area contributed by atoms with Crippen LogP contribution in [0.25, 0.3) is 0 Å². The summed E-state index contributed by atoms with van der Waals surface area (Å²) in [7, 11) is 0. The Hall–Kier alpha value is -0.120. The average Bonchev–Trinajstić information content (AvgIpc) is 2.69. The first-order chi connectivity index (χ1) is 8.13. The number of rotatable bonds is 4. The second kappa shape index (κ2) is 5.68. The van der Waals surface area contributed by atoms with Gasteiger partial charge in [-0.1, -0.05) is 26.7 Å². The molecule has 3 heteroatoms. The number of likely N-dealkylation sites (tertiary alicyclic amines) is 1. The SMILES string of the molecule is CCNC1CCN(CC2(O)CCCC2)CC1C. The molecule has 1 saturated carbocycles. The highest BCUT2D eigenvalue weighted by molar-refractivity contribution is 4.90. The minimum atomic E-state index is -0.370. The molecule has 2 fully saturated rings. The summed E-state index contributed by atoms with van der Waals surface area (Å²) < 4.78 is 0. The van der Waals surface area contributed by atoms with E-state index in [1.807, 2.05) is 0 Å². The van der Waals surface area contributed by atoms with Crippen LogP contribution in [0.1, 0.15) is 46.0 Å². The Bertz CT molecular complexity index is 238. The molecule has 0 spiro atoms. The third-order valence-electron chi connectivity index (χ3n) is 4.51. The van der Waals surface area contributed by atoms with Crippen molar-refractivity contribution in [1.82, 2.24) is 10.2 Å². The largest absolute Gasteiger partial charge is 0.389 e. The third-order valence-corrected chi connectivity index (χ3v) is 4.51. The van der Waals surface area contributed by atoms with Gasteiger partial charge in [0, 0.05) is 19.1 Å². The fourth-order valence-corrected chi connectivity index (χ4v) is 3.55. The van der Waals surface area contributed by atoms with Gasteiger partial charge in [0.1, 0.15) is 0 Å². The number of hydrogen-bond acceptors (Lipinski definition) is 3. The standard InChI is InChI=1S/C14H28N2O/c1-3-15-13-6-9-16(10-12(13)2)11-14(17)7-4-5-8-14/h12-13,15,17H,3-11H2,1-2H3. The monoisotopic (exact) mass is 240 g/mol. The van der Waals surface area contributed by atoms with Gasteiger partial charge in [-0.3, -0.25) is 0 Å². The molecule has 2 N–H and O–H groups in total. The summed E-state index contributed by atoms with van der Waals surface area (Å²) in [5, 5.41) is 14.0. The van der Waals surface area contributed by atoms with Crippen LogP contribution in [0.2, 0.25) is 0 Å². The van der Waals surface area contributed by atoms with Crippen molar-refractivity contribution in [3.05, 3.63) is 0 Å². The molecule has 0 aromatic carbocycles. The molecule has 2 atom stereocenters. The van der Waals surface area contributed by atoms with E-state index in [9.17, 15) is 5.11 Å². The maximum absolute atomic E-state index is 10.4. The van der Waals surface area contributed by atoms with E-state index in [1.165, 1.54) is 19.3 Å². The molecular formula is C14H28N2O. The van der Waals surface area contributed by atoms with Crippen LogP contribution < -0.4 is 5.32 Å². The third kappa shape index (κ3) is 3.43. The van der Waals surface area contributed by atoms with E-state index < -0.39 is 0 Å². The minimum absolute atomic E-state index is 0.370. The molecule has 1 aliphatic heterocycles. The van der Waals surface area contributed by atoms with Crippen molar-refractivity contribution in [2.24, 2.45) is 5.92 Å². The zero-order valence-corrected chi connectivity index (χ0v) is 11.4. The van der Waals surface area contributed by atoms with E-state index in [4.69, 9.17) is 0 Å². The Kier molecular flexibility index (Phi) is 4.45. The molecule has 17 heavy (non-hydrogen) atoms. The second-order valence-corrected chi connectivity index (χ2v) is 6.10. The van der Waals surface area contributed by atoms with E-state index in [0.29, 0.717) is 12.0 Å². The molecular weight excluding hydrogens is 212 g/mol. The quantitative estimate of drug-likeness (QED) is 0.784. The normalized spacial score (nSPS) is 34.1. The fourth-order valence-electron chi connectivity index (χ4n) is 3.55. The first-order valence-corrected chi connectivity index (χ1v) is 7.31. The van der Waals surface area contributed by atoms with Crippen molar-refractivity contribution < 1.29 is 5.11 Å². The van der Waals surface area contributed by atoms with E-state index in [1.54, 1.807) is 0 Å². The van der Waals surface area contributed by atoms with Crippen LogP contribution in [-0.2, 0) is 0 Å². The van der Waals surface area contributed by atoms with Gasteiger partial charge < -0.3 is 15.3 Å². The first kappa shape index (κ1) is 13.3. The lowest BCUT2D eigenvalue weighted by atomic mass is 9.92. The summed E-state index contributed by atoms with van der Waals surface area (Å²) in [6.45, 7) is 8.76. The number of hydrogen-bond donors (Lipinski definition) is 2. The van der Waals surface area contributed by atoms with Gasteiger partial charge >= 0.3 is 0 Å². The topological polar surface area (TPSA) is 35.5 Å². The Morgan fingerprint density at radius 1 is 1.35 bits per heavy atom. The average molecular weight is 240 g/mol. The van der Waals surface area contributed by atoms with E-state index in [-0.39, 0.29) is 5.60 Å². The summed E-state index contributed by atoms with van der Waals surface area (Å²) in [5.74, 6) is 0.703. The second-order valence-electron chi connectivity index (χ2n) is 6.10. The van der Waals surface area contributed by atoms with Crippen LogP contribution in [0, 0.1) is 5.92 Å². The summed E-state index contributed by atoms with van der Waals surface area (Å²) in [5.41, 5.74) is -0.370. The molecule has 0 bridgehead atoms. The molecule has 0 radical (unpaired) electrons. The van der Waals surface area contributed by atoms with E-state index in [2.05, 4.69) is 24.1 Å². The van der Waals surface area contributed by atoms with Crippen LogP contribution in [0.5, 0.6) is 0 Å². The van der Waals surface area contributed by atoms with Crippen molar-refractivity contribution in [1.29, 1.82) is 0 Å². The maximum atomic E-state index is 10.4. The predicted octanol–water partition coefficient (Wildman–Crippen LogP) is 1.61. The lowest BCUT2D eigenvalue weighted by Crippen LogP contribution is -2.52. The van der Waals surface area contributed by atoms with E-state index in [0.717, 1.165) is 39.0 Å². The van der Waals surface area contributed by atoms with Crippen molar-refractivity contribution in [3.63, 3.8) is 0 Å². The van der Waals surface area contributed by atoms with Crippen LogP contribution >= 0.6 is 0 Å². The van der Waals surface area contributed by atoms with Crippen LogP contribution in [-0.4, -0.2) is 47.8 Å². The predicted molar refractivity (Wildman–Crippen MR) is 71.1 cm³/mol. The molecule has 100 valence electrons. The lowest BCUT2D eigenvalue weighted by Gasteiger charge is -2.40. The zero-order chi connectivity index (χ0) is 12.3. The molecule has 0 aromatic rings. The molecule has 1 saturated heterocycles. The number of β-amino-alcohol motifs (C(OH)–C–C–N with tert-alkyl or cyclic N) is 1. The molecule has 2 aliphatic rings. The van der Waals surface area contributed by atoms with Crippen molar-refractivity contribution in [3.8, 4) is 0 Å². The Labute approximate surface area is 106 Å². The van der Waals surface area contributed by atoms with Gasteiger partial charge in [0.2, 0.25) is 0 Å². The Morgan fingerprint density at radius 2 is 2.06 bits per heavy atom.